The first-order chi connectivity index (χ1) is 8.95. The van der Waals surface area contributed by atoms with Crippen molar-refractivity contribution in [2.75, 3.05) is 37.4 Å². The number of nitrogens with zero attached hydrogens (tertiary/aromatic N) is 1. The van der Waals surface area contributed by atoms with Gasteiger partial charge in [-0.1, -0.05) is 0 Å². The average Bonchev–Trinajstić information content (AvgIpc) is 2.37. The van der Waals surface area contributed by atoms with Gasteiger partial charge in [0.1, 0.15) is 5.75 Å². The van der Waals surface area contributed by atoms with Crippen molar-refractivity contribution in [3.05, 3.63) is 18.2 Å². The van der Waals surface area contributed by atoms with Crippen molar-refractivity contribution in [3.8, 4) is 5.75 Å². The van der Waals surface area contributed by atoms with E-state index >= 15 is 0 Å². The van der Waals surface area contributed by atoms with Crippen LogP contribution in [0.1, 0.15) is 13.8 Å². The van der Waals surface area contributed by atoms with Crippen LogP contribution in [-0.4, -0.2) is 43.6 Å². The van der Waals surface area contributed by atoms with E-state index in [1.165, 1.54) is 0 Å². The summed E-state index contributed by atoms with van der Waals surface area (Å²) >= 11 is 0. The van der Waals surface area contributed by atoms with Gasteiger partial charge in [-0.3, -0.25) is 0 Å². The number of anilines is 2. The Morgan fingerprint density at radius 2 is 2.26 bits per heavy atom. The zero-order chi connectivity index (χ0) is 14.0. The number of ether oxygens (including phenoxy) is 2. The lowest BCUT2D eigenvalue weighted by molar-refractivity contribution is -0.101. The maximum atomic E-state index is 9.34. The minimum Gasteiger partial charge on any atom is -0.495 e. The second-order valence-corrected chi connectivity index (χ2v) is 5.49. The number of rotatable bonds is 3. The first-order valence-corrected chi connectivity index (χ1v) is 6.42. The van der Waals surface area contributed by atoms with Gasteiger partial charge in [-0.05, 0) is 26.0 Å². The first kappa shape index (κ1) is 14.0. The van der Waals surface area contributed by atoms with E-state index in [0.29, 0.717) is 18.0 Å². The van der Waals surface area contributed by atoms with Crippen LogP contribution in [0.25, 0.3) is 0 Å². The molecular formula is C14H22N2O3. The van der Waals surface area contributed by atoms with Crippen LogP contribution in [0.5, 0.6) is 5.75 Å². The number of hydrogen-bond acceptors (Lipinski definition) is 5. The maximum absolute atomic E-state index is 9.34. The average molecular weight is 266 g/mol. The number of morpholine rings is 1. The van der Waals surface area contributed by atoms with Crippen molar-refractivity contribution in [2.24, 2.45) is 0 Å². The van der Waals surface area contributed by atoms with Gasteiger partial charge in [-0.25, -0.2) is 0 Å². The zero-order valence-electron chi connectivity index (χ0n) is 11.7. The summed E-state index contributed by atoms with van der Waals surface area (Å²) in [5.41, 5.74) is 7.19. The molecule has 0 radical (unpaired) electrons. The van der Waals surface area contributed by atoms with Crippen molar-refractivity contribution >= 4 is 11.4 Å². The Morgan fingerprint density at radius 1 is 1.53 bits per heavy atom. The fourth-order valence-electron chi connectivity index (χ4n) is 2.48. The third-order valence-electron chi connectivity index (χ3n) is 3.27. The van der Waals surface area contributed by atoms with Crippen molar-refractivity contribution in [2.45, 2.75) is 25.6 Å². The van der Waals surface area contributed by atoms with Crippen LogP contribution in [-0.2, 0) is 4.74 Å². The van der Waals surface area contributed by atoms with E-state index in [4.69, 9.17) is 15.2 Å². The molecule has 0 saturated carbocycles. The normalized spacial score (nSPS) is 22.3. The molecule has 0 amide bonds. The number of hydrogen-bond donors (Lipinski definition) is 2. The Hall–Kier alpha value is -1.46. The summed E-state index contributed by atoms with van der Waals surface area (Å²) in [6.07, 6.45) is -0.174. The fourth-order valence-corrected chi connectivity index (χ4v) is 2.48. The molecule has 1 heterocycles. The van der Waals surface area contributed by atoms with E-state index < -0.39 is 0 Å². The maximum Gasteiger partial charge on any atom is 0.143 e. The molecule has 1 fully saturated rings. The third-order valence-corrected chi connectivity index (χ3v) is 3.27. The van der Waals surface area contributed by atoms with E-state index in [1.54, 1.807) is 7.11 Å². The second kappa shape index (κ2) is 5.27. The van der Waals surface area contributed by atoms with Gasteiger partial charge in [0.15, 0.2) is 0 Å². The largest absolute Gasteiger partial charge is 0.495 e. The Balaban J connectivity index is 2.25. The van der Waals surface area contributed by atoms with Crippen LogP contribution >= 0.6 is 0 Å². The molecule has 1 aromatic rings. The summed E-state index contributed by atoms with van der Waals surface area (Å²) in [6, 6.07) is 5.73. The smallest absolute Gasteiger partial charge is 0.143 e. The molecule has 5 heteroatoms. The van der Waals surface area contributed by atoms with Gasteiger partial charge in [0, 0.05) is 24.8 Å². The molecule has 1 saturated heterocycles. The molecule has 1 unspecified atom stereocenters. The van der Waals surface area contributed by atoms with Gasteiger partial charge in [0.25, 0.3) is 0 Å². The molecule has 1 aliphatic rings. The van der Waals surface area contributed by atoms with Crippen LogP contribution in [0.4, 0.5) is 11.4 Å². The quantitative estimate of drug-likeness (QED) is 0.806. The number of aliphatic hydroxyl groups excluding tert-OH is 1. The molecule has 5 nitrogen and oxygen atoms in total. The van der Waals surface area contributed by atoms with Gasteiger partial charge in [0.2, 0.25) is 0 Å². The molecule has 0 bridgehead atoms. The van der Waals surface area contributed by atoms with E-state index in [2.05, 4.69) is 4.90 Å². The van der Waals surface area contributed by atoms with Crippen LogP contribution in [0.3, 0.4) is 0 Å². The van der Waals surface area contributed by atoms with Crippen molar-refractivity contribution in [3.63, 3.8) is 0 Å². The van der Waals surface area contributed by atoms with Gasteiger partial charge in [0.05, 0.1) is 31.1 Å². The number of nitrogens with two attached hydrogens (primary N) is 1. The summed E-state index contributed by atoms with van der Waals surface area (Å²) in [7, 11) is 1.61. The van der Waals surface area contributed by atoms with Crippen molar-refractivity contribution < 1.29 is 14.6 Å². The highest BCUT2D eigenvalue weighted by molar-refractivity contribution is 5.62. The van der Waals surface area contributed by atoms with E-state index in [0.717, 1.165) is 12.2 Å². The molecular weight excluding hydrogens is 244 g/mol. The Kier molecular flexibility index (Phi) is 3.87. The van der Waals surface area contributed by atoms with Gasteiger partial charge in [-0.15, -0.1) is 0 Å². The monoisotopic (exact) mass is 266 g/mol. The Bertz CT molecular complexity index is 448. The number of benzene rings is 1. The second-order valence-electron chi connectivity index (χ2n) is 5.49. The predicted octanol–water partition coefficient (Wildman–Crippen LogP) is 1.25. The first-order valence-electron chi connectivity index (χ1n) is 6.42. The fraction of sp³-hybridized carbons (Fsp3) is 0.571. The minimum absolute atomic E-state index is 0.0199. The summed E-state index contributed by atoms with van der Waals surface area (Å²) < 4.78 is 11.1. The molecule has 0 spiro atoms. The lowest BCUT2D eigenvalue weighted by Crippen LogP contribution is -2.54. The van der Waals surface area contributed by atoms with Crippen molar-refractivity contribution in [1.82, 2.24) is 0 Å². The molecule has 19 heavy (non-hydrogen) atoms. The third kappa shape index (κ3) is 3.11. The highest BCUT2D eigenvalue weighted by Crippen LogP contribution is 2.31. The highest BCUT2D eigenvalue weighted by atomic mass is 16.5. The number of aliphatic hydroxyl groups is 1. The Morgan fingerprint density at radius 3 is 2.89 bits per heavy atom. The topological polar surface area (TPSA) is 68.0 Å². The molecule has 0 aliphatic carbocycles. The van der Waals surface area contributed by atoms with Crippen LogP contribution < -0.4 is 15.4 Å². The van der Waals surface area contributed by atoms with Crippen LogP contribution in [0.15, 0.2) is 18.2 Å². The van der Waals surface area contributed by atoms with Gasteiger partial charge < -0.3 is 25.2 Å². The lowest BCUT2D eigenvalue weighted by Gasteiger charge is -2.43. The Labute approximate surface area is 113 Å². The standard InChI is InChI=1S/C14H22N2O3/c1-14(2)9-16(7-11(8-17)19-14)10-4-5-12(15)13(6-10)18-3/h4-6,11,17H,7-9,15H2,1-3H3. The molecule has 1 aliphatic heterocycles. The number of nitrogen functional groups attached to an aromatic ring is 1. The van der Waals surface area contributed by atoms with Gasteiger partial charge in [-0.2, -0.15) is 0 Å². The molecule has 0 aromatic heterocycles. The SMILES string of the molecule is COc1cc(N2CC(CO)OC(C)(C)C2)ccc1N. The minimum atomic E-state index is -0.291. The molecule has 3 N–H and O–H groups in total. The highest BCUT2D eigenvalue weighted by Gasteiger charge is 2.33. The molecule has 1 aromatic carbocycles. The van der Waals surface area contributed by atoms with E-state index in [-0.39, 0.29) is 18.3 Å². The van der Waals surface area contributed by atoms with Crippen LogP contribution in [0.2, 0.25) is 0 Å². The summed E-state index contributed by atoms with van der Waals surface area (Å²) in [4.78, 5) is 2.19. The van der Waals surface area contributed by atoms with E-state index in [1.807, 2.05) is 32.0 Å². The van der Waals surface area contributed by atoms with E-state index in [9.17, 15) is 5.11 Å². The predicted molar refractivity (Wildman–Crippen MR) is 75.7 cm³/mol. The van der Waals surface area contributed by atoms with Gasteiger partial charge >= 0.3 is 0 Å². The molecule has 1 atom stereocenters. The molecule has 106 valence electrons. The summed E-state index contributed by atoms with van der Waals surface area (Å²) in [5.74, 6) is 0.669. The summed E-state index contributed by atoms with van der Waals surface area (Å²) in [5, 5.41) is 9.34. The molecule has 2 rings (SSSR count). The zero-order valence-corrected chi connectivity index (χ0v) is 11.7. The number of methoxy groups -OCH3 is 1. The summed E-state index contributed by atoms with van der Waals surface area (Å²) in [6.45, 7) is 5.49. The van der Waals surface area contributed by atoms with Crippen molar-refractivity contribution in [1.29, 1.82) is 0 Å². The van der Waals surface area contributed by atoms with Crippen LogP contribution in [0, 0.1) is 0 Å². The lowest BCUT2D eigenvalue weighted by atomic mass is 10.0.